The molecule has 1 aliphatic carbocycles. The molecule has 1 saturated carbocycles. The summed E-state index contributed by atoms with van der Waals surface area (Å²) in [6.07, 6.45) is 5.33. The number of rotatable bonds is 8. The normalized spacial score (nSPS) is 18.2. The van der Waals surface area contributed by atoms with Crippen LogP contribution >= 0.6 is 0 Å². The number of fused-ring (bicyclic) bond motifs is 1. The number of phenolic OH excluding ortho intramolecular Hbond substituents is 1. The molecular weight excluding hydrogens is 428 g/mol. The van der Waals surface area contributed by atoms with Crippen molar-refractivity contribution in [2.75, 3.05) is 32.5 Å². The molecule has 34 heavy (non-hydrogen) atoms. The first-order valence-electron chi connectivity index (χ1n) is 12.0. The molecule has 1 aromatic heterocycles. The van der Waals surface area contributed by atoms with E-state index in [0.717, 1.165) is 60.1 Å². The fourth-order valence-electron chi connectivity index (χ4n) is 4.48. The number of hydrogen-bond donors (Lipinski definition) is 4. The molecule has 3 aromatic rings. The van der Waals surface area contributed by atoms with Gasteiger partial charge in [0, 0.05) is 24.2 Å². The minimum atomic E-state index is -0.261. The Labute approximate surface area is 200 Å². The van der Waals surface area contributed by atoms with E-state index in [-0.39, 0.29) is 23.8 Å². The van der Waals surface area contributed by atoms with Gasteiger partial charge in [-0.05, 0) is 88.1 Å². The Kier molecular flexibility index (Phi) is 7.65. The van der Waals surface area contributed by atoms with Crippen molar-refractivity contribution in [3.05, 3.63) is 54.2 Å². The highest BCUT2D eigenvalue weighted by molar-refractivity contribution is 6.08. The molecule has 0 saturated heterocycles. The number of phenols is 1. The van der Waals surface area contributed by atoms with Crippen molar-refractivity contribution in [1.82, 2.24) is 15.2 Å². The molecule has 4 N–H and O–H groups in total. The molecule has 1 amide bonds. The standard InChI is InChI=1S/C27H34N4O3/c1-31(2)15-3-14-28-26-23-16-19(18-4-9-21(32)10-5-18)6-13-25(23)29-17-24(26)27(34)30-20-7-11-22(33)12-8-20/h4-6,9-10,13,16-17,20,22,32-33H,3,7-8,11-12,14-15H2,1-2H3,(H,28,29)(H,30,34). The lowest BCUT2D eigenvalue weighted by Crippen LogP contribution is -2.38. The van der Waals surface area contributed by atoms with Crippen LogP contribution in [0.25, 0.3) is 22.0 Å². The van der Waals surface area contributed by atoms with Crippen molar-refractivity contribution >= 4 is 22.5 Å². The van der Waals surface area contributed by atoms with Crippen LogP contribution in [0.5, 0.6) is 5.75 Å². The Bertz CT molecular complexity index is 1120. The zero-order valence-electron chi connectivity index (χ0n) is 19.9. The van der Waals surface area contributed by atoms with E-state index in [1.54, 1.807) is 18.3 Å². The van der Waals surface area contributed by atoms with Gasteiger partial charge < -0.3 is 25.7 Å². The zero-order valence-corrected chi connectivity index (χ0v) is 19.9. The average molecular weight is 463 g/mol. The Balaban J connectivity index is 1.67. The van der Waals surface area contributed by atoms with Crippen LogP contribution in [0.3, 0.4) is 0 Å². The quantitative estimate of drug-likeness (QED) is 0.378. The smallest absolute Gasteiger partial charge is 0.255 e. The summed E-state index contributed by atoms with van der Waals surface area (Å²) in [4.78, 5) is 20.0. The molecule has 0 unspecified atom stereocenters. The number of aliphatic hydroxyl groups is 1. The maximum atomic E-state index is 13.3. The molecule has 7 nitrogen and oxygen atoms in total. The van der Waals surface area contributed by atoms with Crippen molar-refractivity contribution in [2.24, 2.45) is 0 Å². The number of hydrogen-bond acceptors (Lipinski definition) is 6. The molecule has 1 fully saturated rings. The summed E-state index contributed by atoms with van der Waals surface area (Å²) in [5, 5.41) is 27.0. The fraction of sp³-hybridized carbons (Fsp3) is 0.407. The summed E-state index contributed by atoms with van der Waals surface area (Å²) in [6.45, 7) is 1.68. The number of nitrogens with zero attached hydrogens (tertiary/aromatic N) is 2. The number of benzene rings is 2. The minimum absolute atomic E-state index is 0.0662. The maximum absolute atomic E-state index is 13.3. The molecule has 0 atom stereocenters. The third kappa shape index (κ3) is 5.85. The molecule has 0 bridgehead atoms. The van der Waals surface area contributed by atoms with Crippen molar-refractivity contribution in [1.29, 1.82) is 0 Å². The van der Waals surface area contributed by atoms with Gasteiger partial charge in [-0.2, -0.15) is 0 Å². The highest BCUT2D eigenvalue weighted by atomic mass is 16.3. The second-order valence-corrected chi connectivity index (χ2v) is 9.39. The zero-order chi connectivity index (χ0) is 24.1. The third-order valence-electron chi connectivity index (χ3n) is 6.43. The lowest BCUT2D eigenvalue weighted by atomic mass is 9.93. The fourth-order valence-corrected chi connectivity index (χ4v) is 4.48. The number of nitrogens with one attached hydrogen (secondary N) is 2. The Morgan fingerprint density at radius 3 is 2.47 bits per heavy atom. The molecule has 2 aromatic carbocycles. The van der Waals surface area contributed by atoms with Crippen molar-refractivity contribution < 1.29 is 15.0 Å². The molecule has 0 radical (unpaired) electrons. The molecule has 180 valence electrons. The monoisotopic (exact) mass is 462 g/mol. The molecule has 7 heteroatoms. The number of pyridine rings is 1. The van der Waals surface area contributed by atoms with Gasteiger partial charge in [0.2, 0.25) is 0 Å². The molecule has 4 rings (SSSR count). The van der Waals surface area contributed by atoms with E-state index in [9.17, 15) is 15.0 Å². The van der Waals surface area contributed by atoms with E-state index in [0.29, 0.717) is 18.4 Å². The first-order valence-corrected chi connectivity index (χ1v) is 12.0. The van der Waals surface area contributed by atoms with Gasteiger partial charge in [0.25, 0.3) is 5.91 Å². The lowest BCUT2D eigenvalue weighted by molar-refractivity contribution is 0.0868. The van der Waals surface area contributed by atoms with E-state index in [4.69, 9.17) is 0 Å². The minimum Gasteiger partial charge on any atom is -0.508 e. The summed E-state index contributed by atoms with van der Waals surface area (Å²) in [6, 6.07) is 13.2. The van der Waals surface area contributed by atoms with Gasteiger partial charge >= 0.3 is 0 Å². The average Bonchev–Trinajstić information content (AvgIpc) is 2.83. The number of anilines is 1. The van der Waals surface area contributed by atoms with Gasteiger partial charge in [-0.1, -0.05) is 18.2 Å². The highest BCUT2D eigenvalue weighted by Crippen LogP contribution is 2.31. The first kappa shape index (κ1) is 24.0. The number of carbonyl (C=O) groups excluding carboxylic acids is 1. The number of aromatic nitrogens is 1. The van der Waals surface area contributed by atoms with Crippen molar-refractivity contribution in [3.63, 3.8) is 0 Å². The van der Waals surface area contributed by atoms with Crippen LogP contribution in [0.2, 0.25) is 0 Å². The summed E-state index contributed by atoms with van der Waals surface area (Å²) >= 11 is 0. The van der Waals surface area contributed by atoms with E-state index < -0.39 is 0 Å². The van der Waals surface area contributed by atoms with Gasteiger partial charge in [-0.15, -0.1) is 0 Å². The van der Waals surface area contributed by atoms with Crippen LogP contribution < -0.4 is 10.6 Å². The third-order valence-corrected chi connectivity index (χ3v) is 6.43. The Morgan fingerprint density at radius 2 is 1.76 bits per heavy atom. The molecule has 0 spiro atoms. The van der Waals surface area contributed by atoms with Gasteiger partial charge in [0.1, 0.15) is 5.75 Å². The van der Waals surface area contributed by atoms with Crippen LogP contribution in [0, 0.1) is 0 Å². The number of aliphatic hydroxyl groups excluding tert-OH is 1. The SMILES string of the molecule is CN(C)CCCNc1c(C(=O)NC2CCC(O)CC2)cnc2ccc(-c3ccc(O)cc3)cc12. The van der Waals surface area contributed by atoms with E-state index >= 15 is 0 Å². The predicted octanol–water partition coefficient (Wildman–Crippen LogP) is 4.00. The van der Waals surface area contributed by atoms with Crippen LogP contribution in [0.15, 0.2) is 48.7 Å². The van der Waals surface area contributed by atoms with Crippen LogP contribution in [-0.2, 0) is 0 Å². The number of aromatic hydroxyl groups is 1. The van der Waals surface area contributed by atoms with Gasteiger partial charge in [-0.3, -0.25) is 9.78 Å². The molecular formula is C27H34N4O3. The lowest BCUT2D eigenvalue weighted by Gasteiger charge is -2.26. The second-order valence-electron chi connectivity index (χ2n) is 9.39. The summed E-state index contributed by atoms with van der Waals surface area (Å²) in [5.41, 5.74) is 4.11. The summed E-state index contributed by atoms with van der Waals surface area (Å²) in [7, 11) is 4.09. The maximum Gasteiger partial charge on any atom is 0.255 e. The van der Waals surface area contributed by atoms with Crippen LogP contribution in [0.4, 0.5) is 5.69 Å². The van der Waals surface area contributed by atoms with Gasteiger partial charge in [0.05, 0.1) is 22.9 Å². The molecule has 1 heterocycles. The second kappa shape index (κ2) is 10.8. The van der Waals surface area contributed by atoms with Crippen LogP contribution in [-0.4, -0.2) is 65.3 Å². The number of amides is 1. The topological polar surface area (TPSA) is 97.7 Å². The Hall–Kier alpha value is -3.16. The van der Waals surface area contributed by atoms with E-state index in [1.807, 2.05) is 38.4 Å². The van der Waals surface area contributed by atoms with Crippen molar-refractivity contribution in [3.8, 4) is 16.9 Å². The largest absolute Gasteiger partial charge is 0.508 e. The first-order chi connectivity index (χ1) is 16.4. The number of carbonyl (C=O) groups is 1. The summed E-state index contributed by atoms with van der Waals surface area (Å²) in [5.74, 6) is 0.0876. The Morgan fingerprint density at radius 1 is 1.06 bits per heavy atom. The van der Waals surface area contributed by atoms with E-state index in [2.05, 4.69) is 26.6 Å². The molecule has 1 aliphatic rings. The van der Waals surface area contributed by atoms with Crippen molar-refractivity contribution in [2.45, 2.75) is 44.2 Å². The van der Waals surface area contributed by atoms with Crippen LogP contribution in [0.1, 0.15) is 42.5 Å². The predicted molar refractivity (Wildman–Crippen MR) is 136 cm³/mol. The highest BCUT2D eigenvalue weighted by Gasteiger charge is 2.23. The molecule has 0 aliphatic heterocycles. The summed E-state index contributed by atoms with van der Waals surface area (Å²) < 4.78 is 0. The van der Waals surface area contributed by atoms with Gasteiger partial charge in [-0.25, -0.2) is 0 Å². The van der Waals surface area contributed by atoms with Gasteiger partial charge in [0.15, 0.2) is 0 Å². The van der Waals surface area contributed by atoms with E-state index in [1.165, 1.54) is 0 Å².